The van der Waals surface area contributed by atoms with Crippen LogP contribution in [0.4, 0.5) is 10.7 Å². The van der Waals surface area contributed by atoms with E-state index in [1.165, 1.54) is 11.3 Å². The smallest absolute Gasteiger partial charge is 0.307 e. The van der Waals surface area contributed by atoms with E-state index >= 15 is 0 Å². The predicted octanol–water partition coefficient (Wildman–Crippen LogP) is 4.33. The molecule has 2 aliphatic rings. The molecule has 1 aromatic heterocycles. The van der Waals surface area contributed by atoms with Crippen molar-refractivity contribution in [2.45, 2.75) is 44.9 Å². The van der Waals surface area contributed by atoms with E-state index in [0.717, 1.165) is 42.5 Å². The van der Waals surface area contributed by atoms with E-state index in [2.05, 4.69) is 10.6 Å². The third-order valence-corrected chi connectivity index (χ3v) is 7.34. The van der Waals surface area contributed by atoms with Gasteiger partial charge in [0.25, 0.3) is 5.91 Å². The first-order valence-corrected chi connectivity index (χ1v) is 11.4. The molecule has 0 saturated heterocycles. The minimum absolute atomic E-state index is 0.276. The lowest BCUT2D eigenvalue weighted by molar-refractivity contribution is -0.147. The van der Waals surface area contributed by atoms with Crippen LogP contribution in [0.5, 0.6) is 5.75 Å². The third kappa shape index (κ3) is 4.44. The lowest BCUT2D eigenvalue weighted by atomic mass is 9.79. The maximum absolute atomic E-state index is 13.2. The predicted molar refractivity (Wildman–Crippen MR) is 119 cm³/mol. The van der Waals surface area contributed by atoms with Gasteiger partial charge in [-0.15, -0.1) is 11.3 Å². The van der Waals surface area contributed by atoms with E-state index in [4.69, 9.17) is 4.74 Å². The SMILES string of the molecule is COc1cccc(NC(=O)c2c(NC(=O)[C@H]3CCCC[C@@H]3C(=O)O)sc3c2CCC3)c1. The van der Waals surface area contributed by atoms with Crippen molar-refractivity contribution < 1.29 is 24.2 Å². The number of aryl methyl sites for hydroxylation is 1. The molecule has 7 nitrogen and oxygen atoms in total. The molecule has 0 unspecified atom stereocenters. The number of rotatable bonds is 6. The Morgan fingerprint density at radius 2 is 1.84 bits per heavy atom. The summed E-state index contributed by atoms with van der Waals surface area (Å²) in [6, 6.07) is 7.12. The van der Waals surface area contributed by atoms with Crippen molar-refractivity contribution in [2.24, 2.45) is 11.8 Å². The van der Waals surface area contributed by atoms with Gasteiger partial charge < -0.3 is 20.5 Å². The first kappa shape index (κ1) is 21.4. The summed E-state index contributed by atoms with van der Waals surface area (Å²) < 4.78 is 5.22. The molecule has 3 N–H and O–H groups in total. The molecule has 1 heterocycles. The second-order valence-corrected chi connectivity index (χ2v) is 9.18. The molecule has 2 aromatic rings. The molecular weight excluding hydrogens is 416 g/mol. The fourth-order valence-electron chi connectivity index (χ4n) is 4.57. The average Bonchev–Trinajstić information content (AvgIpc) is 3.34. The van der Waals surface area contributed by atoms with Crippen molar-refractivity contribution in [3.8, 4) is 5.75 Å². The summed E-state index contributed by atoms with van der Waals surface area (Å²) >= 11 is 1.43. The molecule has 1 saturated carbocycles. The minimum Gasteiger partial charge on any atom is -0.497 e. The maximum Gasteiger partial charge on any atom is 0.307 e. The largest absolute Gasteiger partial charge is 0.497 e. The van der Waals surface area contributed by atoms with Crippen molar-refractivity contribution in [3.63, 3.8) is 0 Å². The van der Waals surface area contributed by atoms with Gasteiger partial charge in [-0.3, -0.25) is 14.4 Å². The third-order valence-electron chi connectivity index (χ3n) is 6.13. The zero-order valence-corrected chi connectivity index (χ0v) is 18.2. The fraction of sp³-hybridized carbons (Fsp3) is 0.435. The molecule has 31 heavy (non-hydrogen) atoms. The summed E-state index contributed by atoms with van der Waals surface area (Å²) in [6.07, 6.45) is 5.39. The van der Waals surface area contributed by atoms with Crippen molar-refractivity contribution in [3.05, 3.63) is 40.3 Å². The number of anilines is 2. The molecule has 0 bridgehead atoms. The van der Waals surface area contributed by atoms with Crippen LogP contribution in [0.2, 0.25) is 0 Å². The zero-order chi connectivity index (χ0) is 22.0. The number of methoxy groups -OCH3 is 1. The Hall–Kier alpha value is -2.87. The summed E-state index contributed by atoms with van der Waals surface area (Å²) in [4.78, 5) is 38.9. The molecule has 164 valence electrons. The van der Waals surface area contributed by atoms with Gasteiger partial charge >= 0.3 is 5.97 Å². The van der Waals surface area contributed by atoms with Gasteiger partial charge in [0.05, 0.1) is 24.5 Å². The first-order valence-electron chi connectivity index (χ1n) is 10.6. The second kappa shape index (κ2) is 9.09. The summed E-state index contributed by atoms with van der Waals surface area (Å²) in [5.41, 5.74) is 2.09. The van der Waals surface area contributed by atoms with Crippen LogP contribution in [-0.4, -0.2) is 30.0 Å². The van der Waals surface area contributed by atoms with Crippen LogP contribution < -0.4 is 15.4 Å². The molecule has 1 aromatic carbocycles. The van der Waals surface area contributed by atoms with E-state index in [0.29, 0.717) is 34.8 Å². The van der Waals surface area contributed by atoms with Crippen molar-refractivity contribution in [1.29, 1.82) is 0 Å². The molecule has 0 radical (unpaired) electrons. The molecular formula is C23H26N2O5S. The Bertz CT molecular complexity index is 1020. The van der Waals surface area contributed by atoms with Gasteiger partial charge in [-0.1, -0.05) is 18.9 Å². The van der Waals surface area contributed by atoms with E-state index < -0.39 is 17.8 Å². The van der Waals surface area contributed by atoms with Gasteiger partial charge in [0.15, 0.2) is 0 Å². The first-order chi connectivity index (χ1) is 15.0. The monoisotopic (exact) mass is 442 g/mol. The number of nitrogens with one attached hydrogen (secondary N) is 2. The molecule has 0 aliphatic heterocycles. The topological polar surface area (TPSA) is 105 Å². The summed E-state index contributed by atoms with van der Waals surface area (Å²) in [5.74, 6) is -2.11. The highest BCUT2D eigenvalue weighted by molar-refractivity contribution is 7.17. The summed E-state index contributed by atoms with van der Waals surface area (Å²) in [7, 11) is 1.57. The van der Waals surface area contributed by atoms with Crippen molar-refractivity contribution >= 4 is 39.8 Å². The Morgan fingerprint density at radius 3 is 2.58 bits per heavy atom. The Morgan fingerprint density at radius 1 is 1.06 bits per heavy atom. The van der Waals surface area contributed by atoms with Crippen LogP contribution in [-0.2, 0) is 22.4 Å². The van der Waals surface area contributed by atoms with Gasteiger partial charge in [0.2, 0.25) is 5.91 Å². The Labute approximate surface area is 184 Å². The van der Waals surface area contributed by atoms with Crippen LogP contribution in [0, 0.1) is 11.8 Å². The maximum atomic E-state index is 13.2. The molecule has 0 spiro atoms. The quantitative estimate of drug-likeness (QED) is 0.618. The zero-order valence-electron chi connectivity index (χ0n) is 17.4. The number of amides is 2. The molecule has 8 heteroatoms. The number of hydrogen-bond acceptors (Lipinski definition) is 5. The highest BCUT2D eigenvalue weighted by Crippen LogP contribution is 2.40. The van der Waals surface area contributed by atoms with Crippen molar-refractivity contribution in [1.82, 2.24) is 0 Å². The highest BCUT2D eigenvalue weighted by Gasteiger charge is 2.37. The molecule has 2 atom stereocenters. The molecule has 1 fully saturated rings. The number of carbonyl (C=O) groups is 3. The molecule has 2 aliphatic carbocycles. The number of carboxylic acids is 1. The fourth-order valence-corrected chi connectivity index (χ4v) is 5.86. The number of hydrogen-bond donors (Lipinski definition) is 3. The minimum atomic E-state index is -0.926. The van der Waals surface area contributed by atoms with Gasteiger partial charge in [0, 0.05) is 16.6 Å². The Kier molecular flexibility index (Phi) is 6.27. The van der Waals surface area contributed by atoms with E-state index in [-0.39, 0.29) is 11.8 Å². The number of benzene rings is 1. The summed E-state index contributed by atoms with van der Waals surface area (Å²) in [6.45, 7) is 0. The number of ether oxygens (including phenoxy) is 1. The van der Waals surface area contributed by atoms with Gasteiger partial charge in [-0.25, -0.2) is 0 Å². The number of fused-ring (bicyclic) bond motifs is 1. The molecule has 4 rings (SSSR count). The number of aliphatic carboxylic acids is 1. The number of thiophene rings is 1. The Balaban J connectivity index is 1.58. The van der Waals surface area contributed by atoms with E-state index in [9.17, 15) is 19.5 Å². The lowest BCUT2D eigenvalue weighted by Gasteiger charge is -2.27. The van der Waals surface area contributed by atoms with Crippen LogP contribution in [0.3, 0.4) is 0 Å². The van der Waals surface area contributed by atoms with E-state index in [1.54, 1.807) is 31.4 Å². The molecule has 2 amide bonds. The normalized spacial score (nSPS) is 20.0. The standard InChI is InChI=1S/C23H26N2O5S/c1-30-14-7-4-6-13(12-14)24-21(27)19-17-10-5-11-18(17)31-22(19)25-20(26)15-8-2-3-9-16(15)23(28)29/h4,6-7,12,15-16H,2-3,5,8-11H2,1H3,(H,24,27)(H,25,26)(H,28,29)/t15-,16-/m0/s1. The lowest BCUT2D eigenvalue weighted by Crippen LogP contribution is -2.36. The highest BCUT2D eigenvalue weighted by atomic mass is 32.1. The number of carbonyl (C=O) groups excluding carboxylic acids is 2. The van der Waals surface area contributed by atoms with Crippen molar-refractivity contribution in [2.75, 3.05) is 17.7 Å². The number of carboxylic acid groups (broad SMARTS) is 1. The van der Waals surface area contributed by atoms with E-state index in [1.807, 2.05) is 0 Å². The summed E-state index contributed by atoms with van der Waals surface area (Å²) in [5, 5.41) is 15.9. The average molecular weight is 443 g/mol. The van der Waals surface area contributed by atoms with Crippen LogP contribution in [0.25, 0.3) is 0 Å². The van der Waals surface area contributed by atoms with Crippen LogP contribution >= 0.6 is 11.3 Å². The van der Waals surface area contributed by atoms with Crippen LogP contribution in [0.15, 0.2) is 24.3 Å². The van der Waals surface area contributed by atoms with Gasteiger partial charge in [0.1, 0.15) is 10.8 Å². The van der Waals surface area contributed by atoms with Crippen LogP contribution in [0.1, 0.15) is 52.9 Å². The van der Waals surface area contributed by atoms with Gasteiger partial charge in [-0.2, -0.15) is 0 Å². The second-order valence-electron chi connectivity index (χ2n) is 8.07. The van der Waals surface area contributed by atoms with Gasteiger partial charge in [-0.05, 0) is 49.8 Å².